The number of hydrogen-bond acceptors (Lipinski definition) is 6. The fourth-order valence-electron chi connectivity index (χ4n) is 3.01. The van der Waals surface area contributed by atoms with Crippen molar-refractivity contribution in [2.24, 2.45) is 11.8 Å². The van der Waals surface area contributed by atoms with E-state index in [1.54, 1.807) is 6.92 Å². The predicted octanol–water partition coefficient (Wildman–Crippen LogP) is 1.46. The van der Waals surface area contributed by atoms with Crippen molar-refractivity contribution in [1.82, 2.24) is 5.32 Å². The maximum absolute atomic E-state index is 11.8. The van der Waals surface area contributed by atoms with E-state index < -0.39 is 29.0 Å². The minimum absolute atomic E-state index is 0.101. The van der Waals surface area contributed by atoms with Crippen molar-refractivity contribution in [3.63, 3.8) is 0 Å². The maximum Gasteiger partial charge on any atom is 0.506 e. The van der Waals surface area contributed by atoms with Crippen LogP contribution < -0.4 is 5.32 Å². The average molecular weight is 338 g/mol. The van der Waals surface area contributed by atoms with Crippen molar-refractivity contribution in [3.05, 3.63) is 39.9 Å². The summed E-state index contributed by atoms with van der Waals surface area (Å²) in [6, 6.07) is 5.09. The second kappa shape index (κ2) is 7.26. The molecule has 24 heavy (non-hydrogen) atoms. The summed E-state index contributed by atoms with van der Waals surface area (Å²) in [5.41, 5.74) is 0.304. The van der Waals surface area contributed by atoms with Gasteiger partial charge >= 0.3 is 6.16 Å². The number of benzene rings is 1. The van der Waals surface area contributed by atoms with E-state index in [1.807, 2.05) is 0 Å². The summed E-state index contributed by atoms with van der Waals surface area (Å²) in [4.78, 5) is 33.0. The molecule has 130 valence electrons. The number of nitro benzene ring substituents is 1. The molecule has 1 saturated heterocycles. The van der Waals surface area contributed by atoms with Crippen molar-refractivity contribution in [3.8, 4) is 0 Å². The number of carboxylic acid groups (broad SMARTS) is 1. The molecule has 1 aromatic carbocycles. The molecule has 1 amide bonds. The molecule has 9 heteroatoms. The van der Waals surface area contributed by atoms with Gasteiger partial charge in [-0.05, 0) is 24.1 Å². The number of non-ortho nitro benzene ring substituents is 1. The van der Waals surface area contributed by atoms with Crippen LogP contribution in [0.15, 0.2) is 24.3 Å². The van der Waals surface area contributed by atoms with Crippen molar-refractivity contribution >= 4 is 17.7 Å². The molecule has 1 aliphatic heterocycles. The number of carbonyl (C=O) groups excluding carboxylic acids is 1. The van der Waals surface area contributed by atoms with E-state index in [-0.39, 0.29) is 24.2 Å². The Morgan fingerprint density at radius 3 is 2.50 bits per heavy atom. The monoisotopic (exact) mass is 338 g/mol. The van der Waals surface area contributed by atoms with E-state index in [1.165, 1.54) is 24.3 Å². The molecule has 1 fully saturated rings. The van der Waals surface area contributed by atoms with E-state index in [9.17, 15) is 19.7 Å². The SMILES string of the molecule is CC(C(OC(=O)O)c1ccc([N+](=O)[O-])cc1)C1C(=O)NC1CCO. The third kappa shape index (κ3) is 3.62. The van der Waals surface area contributed by atoms with Gasteiger partial charge in [0.15, 0.2) is 0 Å². The van der Waals surface area contributed by atoms with Crippen LogP contribution in [0.4, 0.5) is 10.5 Å². The normalized spacial score (nSPS) is 22.0. The number of rotatable bonds is 7. The molecule has 2 rings (SSSR count). The highest BCUT2D eigenvalue weighted by Gasteiger charge is 2.46. The van der Waals surface area contributed by atoms with Crippen LogP contribution in [0.25, 0.3) is 0 Å². The zero-order chi connectivity index (χ0) is 17.9. The quantitative estimate of drug-likeness (QED) is 0.296. The number of carbonyl (C=O) groups is 2. The summed E-state index contributed by atoms with van der Waals surface area (Å²) in [5.74, 6) is -1.23. The number of nitro groups is 1. The lowest BCUT2D eigenvalue weighted by molar-refractivity contribution is -0.384. The molecule has 1 heterocycles. The van der Waals surface area contributed by atoms with Crippen LogP contribution >= 0.6 is 0 Å². The summed E-state index contributed by atoms with van der Waals surface area (Å²) in [5, 5.41) is 31.4. The Morgan fingerprint density at radius 1 is 1.42 bits per heavy atom. The van der Waals surface area contributed by atoms with Crippen LogP contribution in [0.2, 0.25) is 0 Å². The first-order chi connectivity index (χ1) is 11.3. The van der Waals surface area contributed by atoms with Gasteiger partial charge in [0.1, 0.15) is 6.10 Å². The van der Waals surface area contributed by atoms with Gasteiger partial charge < -0.3 is 20.3 Å². The predicted molar refractivity (Wildman–Crippen MR) is 81.2 cm³/mol. The molecular formula is C15H18N2O7. The van der Waals surface area contributed by atoms with Crippen molar-refractivity contribution in [1.29, 1.82) is 0 Å². The van der Waals surface area contributed by atoms with Crippen LogP contribution in [-0.4, -0.2) is 39.8 Å². The zero-order valence-electron chi connectivity index (χ0n) is 12.9. The molecule has 1 aromatic rings. The number of ether oxygens (including phenoxy) is 1. The molecule has 0 bridgehead atoms. The lowest BCUT2D eigenvalue weighted by atomic mass is 9.75. The van der Waals surface area contributed by atoms with E-state index in [0.717, 1.165) is 0 Å². The molecule has 0 spiro atoms. The van der Waals surface area contributed by atoms with E-state index in [4.69, 9.17) is 14.9 Å². The Bertz CT molecular complexity index is 631. The molecule has 0 aromatic heterocycles. The maximum atomic E-state index is 11.8. The van der Waals surface area contributed by atoms with Crippen molar-refractivity contribution in [2.75, 3.05) is 6.61 Å². The fourth-order valence-corrected chi connectivity index (χ4v) is 3.01. The highest BCUT2D eigenvalue weighted by Crippen LogP contribution is 2.37. The van der Waals surface area contributed by atoms with E-state index in [0.29, 0.717) is 12.0 Å². The first-order valence-electron chi connectivity index (χ1n) is 7.40. The van der Waals surface area contributed by atoms with Crippen LogP contribution in [0.3, 0.4) is 0 Å². The van der Waals surface area contributed by atoms with E-state index in [2.05, 4.69) is 5.32 Å². The fraction of sp³-hybridized carbons (Fsp3) is 0.467. The summed E-state index contributed by atoms with van der Waals surface area (Å²) in [6.07, 6.45) is -2.08. The van der Waals surface area contributed by atoms with E-state index >= 15 is 0 Å². The zero-order valence-corrected chi connectivity index (χ0v) is 12.9. The lowest BCUT2D eigenvalue weighted by Gasteiger charge is -2.42. The van der Waals surface area contributed by atoms with Crippen LogP contribution in [0.1, 0.15) is 25.0 Å². The van der Waals surface area contributed by atoms with Gasteiger partial charge in [-0.2, -0.15) is 0 Å². The number of β-lactam (4-membered cyclic amide) rings is 1. The number of amides is 1. The smallest absolute Gasteiger partial charge is 0.450 e. The summed E-state index contributed by atoms with van der Waals surface area (Å²) in [6.45, 7) is 1.58. The number of aliphatic hydroxyl groups excluding tert-OH is 1. The second-order valence-corrected chi connectivity index (χ2v) is 5.67. The molecule has 0 radical (unpaired) electrons. The van der Waals surface area contributed by atoms with Gasteiger partial charge in [0.2, 0.25) is 5.91 Å². The molecule has 0 aliphatic carbocycles. The standard InChI is InChI=1S/C15H18N2O7/c1-8(12-11(6-7-18)16-14(12)19)13(24-15(20)21)9-2-4-10(5-3-9)17(22)23/h2-5,8,11-13,18H,6-7H2,1H3,(H,16,19)(H,20,21). The largest absolute Gasteiger partial charge is 0.506 e. The molecule has 4 atom stereocenters. The Kier molecular flexibility index (Phi) is 5.35. The number of nitrogens with zero attached hydrogens (tertiary/aromatic N) is 1. The van der Waals surface area contributed by atoms with Crippen molar-refractivity contribution < 1.29 is 29.5 Å². The first-order valence-corrected chi connectivity index (χ1v) is 7.40. The van der Waals surface area contributed by atoms with Gasteiger partial charge in [-0.15, -0.1) is 0 Å². The first kappa shape index (κ1) is 17.7. The molecule has 1 aliphatic rings. The number of aliphatic hydroxyl groups is 1. The molecular weight excluding hydrogens is 320 g/mol. The van der Waals surface area contributed by atoms with Crippen molar-refractivity contribution in [2.45, 2.75) is 25.5 Å². The summed E-state index contributed by atoms with van der Waals surface area (Å²) >= 11 is 0. The Labute approximate surface area is 137 Å². The third-order valence-corrected chi connectivity index (χ3v) is 4.21. The average Bonchev–Trinajstić information content (AvgIpc) is 2.52. The molecule has 0 saturated carbocycles. The molecule has 9 nitrogen and oxygen atoms in total. The van der Waals surface area contributed by atoms with Gasteiger partial charge in [0.05, 0.1) is 10.8 Å². The molecule has 3 N–H and O–H groups in total. The summed E-state index contributed by atoms with van der Waals surface area (Å²) < 4.78 is 4.93. The Morgan fingerprint density at radius 2 is 2.04 bits per heavy atom. The minimum Gasteiger partial charge on any atom is -0.450 e. The van der Waals surface area contributed by atoms with Gasteiger partial charge in [0, 0.05) is 30.7 Å². The van der Waals surface area contributed by atoms with Gasteiger partial charge in [-0.3, -0.25) is 14.9 Å². The number of hydrogen-bond donors (Lipinski definition) is 3. The van der Waals surface area contributed by atoms with Crippen LogP contribution in [0, 0.1) is 22.0 Å². The minimum atomic E-state index is -1.50. The van der Waals surface area contributed by atoms with Gasteiger partial charge in [0.25, 0.3) is 5.69 Å². The highest BCUT2D eigenvalue weighted by molar-refractivity contribution is 5.86. The third-order valence-electron chi connectivity index (χ3n) is 4.21. The van der Waals surface area contributed by atoms with Gasteiger partial charge in [-0.25, -0.2) is 4.79 Å². The van der Waals surface area contributed by atoms with Crippen LogP contribution in [0.5, 0.6) is 0 Å². The molecule has 4 unspecified atom stereocenters. The topological polar surface area (TPSA) is 139 Å². The Balaban J connectivity index is 2.25. The highest BCUT2D eigenvalue weighted by atomic mass is 16.7. The van der Waals surface area contributed by atoms with Gasteiger partial charge in [-0.1, -0.05) is 6.92 Å². The summed E-state index contributed by atoms with van der Waals surface area (Å²) in [7, 11) is 0. The second-order valence-electron chi connectivity index (χ2n) is 5.67. The van der Waals surface area contributed by atoms with Crippen LogP contribution in [-0.2, 0) is 9.53 Å². The Hall–Kier alpha value is -2.68. The lowest BCUT2D eigenvalue weighted by Crippen LogP contribution is -2.61. The number of nitrogens with one attached hydrogen (secondary N) is 1.